The Bertz CT molecular complexity index is 1350. The van der Waals surface area contributed by atoms with Crippen LogP contribution in [0.2, 0.25) is 0 Å². The smallest absolute Gasteiger partial charge is 0.325 e. The van der Waals surface area contributed by atoms with E-state index in [1.807, 2.05) is 23.1 Å². The highest BCUT2D eigenvalue weighted by Crippen LogP contribution is 2.44. The number of para-hydroxylation sites is 1. The molecule has 1 saturated heterocycles. The number of hydrogen-bond donors (Lipinski definition) is 3. The number of aromatic amines is 1. The van der Waals surface area contributed by atoms with Crippen LogP contribution < -0.4 is 5.32 Å². The number of ether oxygens (including phenoxy) is 1. The third kappa shape index (κ3) is 4.51. The van der Waals surface area contributed by atoms with E-state index in [0.29, 0.717) is 19.4 Å². The second kappa shape index (κ2) is 10.5. The van der Waals surface area contributed by atoms with Crippen LogP contribution in [0.1, 0.15) is 37.6 Å². The summed E-state index contributed by atoms with van der Waals surface area (Å²) in [5.74, 6) is -1.47. The number of aliphatic hydroxyl groups is 1. The number of H-pyrrole nitrogens is 1. The van der Waals surface area contributed by atoms with Gasteiger partial charge in [-0.2, -0.15) is 0 Å². The van der Waals surface area contributed by atoms with Gasteiger partial charge in [-0.05, 0) is 37.8 Å². The van der Waals surface area contributed by atoms with Crippen molar-refractivity contribution in [1.29, 1.82) is 0 Å². The van der Waals surface area contributed by atoms with E-state index in [4.69, 9.17) is 4.74 Å². The summed E-state index contributed by atoms with van der Waals surface area (Å²) in [7, 11) is 1.60. The van der Waals surface area contributed by atoms with Crippen LogP contribution in [0.3, 0.4) is 0 Å². The summed E-state index contributed by atoms with van der Waals surface area (Å²) in [4.78, 5) is 45.4. The molecular formula is C29H34N4O5. The van der Waals surface area contributed by atoms with Crippen LogP contribution in [-0.2, 0) is 20.7 Å². The summed E-state index contributed by atoms with van der Waals surface area (Å²) in [6.07, 6.45) is 0.233. The molecular weight excluding hydrogens is 484 g/mol. The lowest BCUT2D eigenvalue weighted by Gasteiger charge is -2.48. The Labute approximate surface area is 221 Å². The molecule has 0 spiro atoms. The zero-order chi connectivity index (χ0) is 27.0. The minimum Gasteiger partial charge on any atom is -0.465 e. The molecule has 3 aromatic rings. The maximum absolute atomic E-state index is 13.7. The van der Waals surface area contributed by atoms with Gasteiger partial charge in [0.05, 0.1) is 30.2 Å². The van der Waals surface area contributed by atoms with E-state index in [1.165, 1.54) is 10.5 Å². The Balaban J connectivity index is 1.49. The highest BCUT2D eigenvalue weighted by Gasteiger charge is 2.49. The maximum Gasteiger partial charge on any atom is 0.325 e. The van der Waals surface area contributed by atoms with E-state index >= 15 is 0 Å². The third-order valence-corrected chi connectivity index (χ3v) is 7.85. The molecule has 1 fully saturated rings. The van der Waals surface area contributed by atoms with Gasteiger partial charge in [0, 0.05) is 36.3 Å². The molecule has 5 rings (SSSR count). The molecule has 200 valence electrons. The molecule has 2 aliphatic rings. The molecule has 1 aromatic heterocycles. The normalized spacial score (nSPS) is 21.4. The average Bonchev–Trinajstić information content (AvgIpc) is 3.31. The van der Waals surface area contributed by atoms with Crippen LogP contribution in [0.15, 0.2) is 48.5 Å². The second-order valence-electron chi connectivity index (χ2n) is 10.1. The molecule has 9 heteroatoms. The van der Waals surface area contributed by atoms with Crippen LogP contribution >= 0.6 is 0 Å². The highest BCUT2D eigenvalue weighted by atomic mass is 16.5. The summed E-state index contributed by atoms with van der Waals surface area (Å²) >= 11 is 0. The molecule has 4 atom stereocenters. The number of fused-ring (bicyclic) bond motifs is 5. The SMILES string of the molecule is CCOC(=O)CNC(=O)N(C)[C@H]1C[C@H]2c3[nH]c4c(-c5ccccc5)cccc4c3CCN2C(=O)[C@H]1[C@H](C)O. The van der Waals surface area contributed by atoms with E-state index in [-0.39, 0.29) is 25.1 Å². The maximum atomic E-state index is 13.7. The predicted octanol–water partition coefficient (Wildman–Crippen LogP) is 3.23. The van der Waals surface area contributed by atoms with Crippen molar-refractivity contribution in [3.05, 3.63) is 59.8 Å². The summed E-state index contributed by atoms with van der Waals surface area (Å²) < 4.78 is 4.90. The first-order chi connectivity index (χ1) is 18.3. The Morgan fingerprint density at radius 1 is 1.21 bits per heavy atom. The van der Waals surface area contributed by atoms with Gasteiger partial charge < -0.3 is 29.9 Å². The minimum atomic E-state index is -0.942. The zero-order valence-electron chi connectivity index (χ0n) is 21.9. The fourth-order valence-corrected chi connectivity index (χ4v) is 6.05. The van der Waals surface area contributed by atoms with Crippen LogP contribution in [0.5, 0.6) is 0 Å². The fourth-order valence-electron chi connectivity index (χ4n) is 6.05. The number of piperidine rings is 1. The number of nitrogens with one attached hydrogen (secondary N) is 2. The zero-order valence-corrected chi connectivity index (χ0v) is 21.9. The Kier molecular flexibility index (Phi) is 7.12. The van der Waals surface area contributed by atoms with Crippen molar-refractivity contribution in [2.24, 2.45) is 5.92 Å². The third-order valence-electron chi connectivity index (χ3n) is 7.85. The highest BCUT2D eigenvalue weighted by molar-refractivity contribution is 5.97. The molecule has 0 aliphatic carbocycles. The Hall–Kier alpha value is -3.85. The van der Waals surface area contributed by atoms with E-state index in [9.17, 15) is 19.5 Å². The molecule has 2 aliphatic heterocycles. The van der Waals surface area contributed by atoms with Crippen LogP contribution in [0.25, 0.3) is 22.0 Å². The first-order valence-corrected chi connectivity index (χ1v) is 13.2. The number of aromatic nitrogens is 1. The molecule has 3 heterocycles. The number of carbonyl (C=O) groups is 3. The number of hydrogen-bond acceptors (Lipinski definition) is 5. The van der Waals surface area contributed by atoms with E-state index in [0.717, 1.165) is 27.7 Å². The number of carbonyl (C=O) groups excluding carboxylic acids is 3. The van der Waals surface area contributed by atoms with Gasteiger partial charge in [-0.15, -0.1) is 0 Å². The van der Waals surface area contributed by atoms with Gasteiger partial charge in [0.1, 0.15) is 6.54 Å². The lowest BCUT2D eigenvalue weighted by molar-refractivity contribution is -0.151. The van der Waals surface area contributed by atoms with Gasteiger partial charge in [-0.1, -0.05) is 48.5 Å². The predicted molar refractivity (Wildman–Crippen MR) is 143 cm³/mol. The van der Waals surface area contributed by atoms with Crippen LogP contribution in [0, 0.1) is 5.92 Å². The summed E-state index contributed by atoms with van der Waals surface area (Å²) in [6, 6.07) is 15.1. The molecule has 9 nitrogen and oxygen atoms in total. The van der Waals surface area contributed by atoms with Crippen molar-refractivity contribution in [2.45, 2.75) is 44.9 Å². The number of amides is 3. The number of aliphatic hydroxyl groups excluding tert-OH is 1. The van der Waals surface area contributed by atoms with Gasteiger partial charge in [0.15, 0.2) is 0 Å². The van der Waals surface area contributed by atoms with Crippen molar-refractivity contribution in [1.82, 2.24) is 20.1 Å². The monoisotopic (exact) mass is 518 g/mol. The van der Waals surface area contributed by atoms with Crippen molar-refractivity contribution in [3.63, 3.8) is 0 Å². The largest absolute Gasteiger partial charge is 0.465 e. The van der Waals surface area contributed by atoms with Gasteiger partial charge >= 0.3 is 12.0 Å². The number of nitrogens with zero attached hydrogens (tertiary/aromatic N) is 2. The fraction of sp³-hybridized carbons (Fsp3) is 0.414. The summed E-state index contributed by atoms with van der Waals surface area (Å²) in [6.45, 7) is 3.80. The molecule has 0 radical (unpaired) electrons. The quantitative estimate of drug-likeness (QED) is 0.434. The second-order valence-corrected chi connectivity index (χ2v) is 10.1. The van der Waals surface area contributed by atoms with Gasteiger partial charge in [-0.3, -0.25) is 9.59 Å². The molecule has 38 heavy (non-hydrogen) atoms. The van der Waals surface area contributed by atoms with Crippen molar-refractivity contribution in [2.75, 3.05) is 26.7 Å². The van der Waals surface area contributed by atoms with E-state index < -0.39 is 30.1 Å². The van der Waals surface area contributed by atoms with Crippen molar-refractivity contribution < 1.29 is 24.2 Å². The van der Waals surface area contributed by atoms with Crippen molar-refractivity contribution in [3.8, 4) is 11.1 Å². The summed E-state index contributed by atoms with van der Waals surface area (Å²) in [5, 5.41) is 14.3. The van der Waals surface area contributed by atoms with Crippen molar-refractivity contribution >= 4 is 28.8 Å². The molecule has 3 N–H and O–H groups in total. The van der Waals surface area contributed by atoms with E-state index in [2.05, 4.69) is 40.6 Å². The standard InChI is InChI=1S/C29H34N4O5/c1-4-38-24(35)16-30-29(37)32(3)22-15-23-27-21(13-14-33(23)28(36)25(22)17(2)34)20-12-8-11-19(26(20)31-27)18-9-6-5-7-10-18/h5-12,17,22-23,25,31,34H,4,13-16H2,1-3H3,(H,30,37)/t17-,22-,23-,25-/m0/s1. The number of rotatable bonds is 6. The Morgan fingerprint density at radius 3 is 2.68 bits per heavy atom. The number of urea groups is 1. The number of benzene rings is 2. The average molecular weight is 519 g/mol. The molecule has 0 bridgehead atoms. The minimum absolute atomic E-state index is 0.168. The van der Waals surface area contributed by atoms with Crippen LogP contribution in [-0.4, -0.2) is 76.7 Å². The lowest BCUT2D eigenvalue weighted by atomic mass is 9.79. The number of esters is 1. The Morgan fingerprint density at radius 2 is 1.97 bits per heavy atom. The van der Waals surface area contributed by atoms with Crippen LogP contribution in [0.4, 0.5) is 4.79 Å². The van der Waals surface area contributed by atoms with Gasteiger partial charge in [-0.25, -0.2) is 4.79 Å². The first kappa shape index (κ1) is 25.8. The van der Waals surface area contributed by atoms with Gasteiger partial charge in [0.25, 0.3) is 0 Å². The lowest BCUT2D eigenvalue weighted by Crippen LogP contribution is -2.60. The van der Waals surface area contributed by atoms with E-state index in [1.54, 1.807) is 20.9 Å². The molecule has 2 aromatic carbocycles. The van der Waals surface area contributed by atoms with Gasteiger partial charge in [0.2, 0.25) is 5.91 Å². The molecule has 0 unspecified atom stereocenters. The first-order valence-electron chi connectivity index (χ1n) is 13.2. The molecule has 0 saturated carbocycles. The topological polar surface area (TPSA) is 115 Å². The molecule has 3 amide bonds. The summed E-state index contributed by atoms with van der Waals surface area (Å²) in [5.41, 5.74) is 5.42.